The molecule has 6 rings (SSSR count). The van der Waals surface area contributed by atoms with Gasteiger partial charge in [-0.3, -0.25) is 14.5 Å². The second-order valence-corrected chi connectivity index (χ2v) is 10.7. The second kappa shape index (κ2) is 11.6. The third-order valence-electron chi connectivity index (χ3n) is 8.13. The zero-order valence-electron chi connectivity index (χ0n) is 22.6. The fourth-order valence-electron chi connectivity index (χ4n) is 6.02. The molecular formula is C32H34N2O6. The molecule has 3 aliphatic heterocycles. The Bertz CT molecular complexity index is 1320. The summed E-state index contributed by atoms with van der Waals surface area (Å²) in [5.41, 5.74) is 4.05. The highest BCUT2D eigenvalue weighted by Crippen LogP contribution is 2.39. The fourth-order valence-corrected chi connectivity index (χ4v) is 6.02. The fraction of sp³-hybridized carbons (Fsp3) is 0.375. The molecule has 3 aromatic rings. The lowest BCUT2D eigenvalue weighted by Gasteiger charge is -2.38. The van der Waals surface area contributed by atoms with Gasteiger partial charge in [0.25, 0.3) is 11.8 Å². The molecule has 3 aliphatic rings. The quantitative estimate of drug-likeness (QED) is 0.415. The van der Waals surface area contributed by atoms with Crippen LogP contribution in [0.2, 0.25) is 0 Å². The minimum Gasteiger partial charge on any atom is -0.392 e. The van der Waals surface area contributed by atoms with Crippen LogP contribution in [0, 0.1) is 0 Å². The van der Waals surface area contributed by atoms with Gasteiger partial charge < -0.3 is 19.3 Å². The standard InChI is InChI=1S/C32H34N2O6/c1-38-20-25-5-4-16-33(25)18-26-17-29(22-10-8-21(19-35)9-11-22)40-32(39-26)23-12-14-24(15-13-23)34-30(36)27-6-2-3-7-28(27)31(34)37/h2-3,6-15,25-26,29,32,35H,4-5,16-20H2,1H3/t25-,26-,29+,32+/m0/s1. The highest BCUT2D eigenvalue weighted by molar-refractivity contribution is 6.34. The zero-order valence-corrected chi connectivity index (χ0v) is 22.6. The summed E-state index contributed by atoms with van der Waals surface area (Å²) in [7, 11) is 1.75. The van der Waals surface area contributed by atoms with Crippen LogP contribution in [-0.4, -0.2) is 60.8 Å². The van der Waals surface area contributed by atoms with E-state index in [1.807, 2.05) is 36.4 Å². The number of nitrogens with zero attached hydrogens (tertiary/aromatic N) is 2. The molecule has 0 aliphatic carbocycles. The van der Waals surface area contributed by atoms with Crippen molar-refractivity contribution in [3.63, 3.8) is 0 Å². The van der Waals surface area contributed by atoms with Crippen LogP contribution in [-0.2, 0) is 20.8 Å². The molecule has 2 amide bonds. The molecule has 4 atom stereocenters. The summed E-state index contributed by atoms with van der Waals surface area (Å²) < 4.78 is 18.5. The Kier molecular flexibility index (Phi) is 7.78. The van der Waals surface area contributed by atoms with Crippen molar-refractivity contribution >= 4 is 17.5 Å². The third-order valence-corrected chi connectivity index (χ3v) is 8.13. The molecule has 208 valence electrons. The van der Waals surface area contributed by atoms with Gasteiger partial charge in [0.2, 0.25) is 0 Å². The number of amides is 2. The average molecular weight is 543 g/mol. The lowest BCUT2D eigenvalue weighted by Crippen LogP contribution is -2.42. The minimum absolute atomic E-state index is 0.00450. The first kappa shape index (κ1) is 26.8. The van der Waals surface area contributed by atoms with Gasteiger partial charge in [0, 0.05) is 31.7 Å². The normalized spacial score (nSPS) is 25.0. The van der Waals surface area contributed by atoms with Crippen LogP contribution < -0.4 is 4.90 Å². The first-order chi connectivity index (χ1) is 19.6. The molecule has 0 spiro atoms. The molecule has 3 heterocycles. The molecule has 8 nitrogen and oxygen atoms in total. The van der Waals surface area contributed by atoms with Gasteiger partial charge in [0.05, 0.1) is 42.2 Å². The van der Waals surface area contributed by atoms with E-state index in [9.17, 15) is 14.7 Å². The van der Waals surface area contributed by atoms with E-state index in [-0.39, 0.29) is 30.6 Å². The number of methoxy groups -OCH3 is 1. The van der Waals surface area contributed by atoms with Gasteiger partial charge in [0.1, 0.15) is 0 Å². The van der Waals surface area contributed by atoms with Gasteiger partial charge in [-0.2, -0.15) is 0 Å². The smallest absolute Gasteiger partial charge is 0.266 e. The lowest BCUT2D eigenvalue weighted by molar-refractivity contribution is -0.253. The highest BCUT2D eigenvalue weighted by atomic mass is 16.7. The number of aliphatic hydroxyl groups is 1. The van der Waals surface area contributed by atoms with E-state index < -0.39 is 6.29 Å². The van der Waals surface area contributed by atoms with Crippen molar-refractivity contribution in [3.05, 3.63) is 101 Å². The molecule has 0 unspecified atom stereocenters. The molecular weight excluding hydrogens is 508 g/mol. The number of aliphatic hydroxyl groups excluding tert-OH is 1. The SMILES string of the molecule is COC[C@@H]1CCCN1C[C@@H]1C[C@H](c2ccc(CO)cc2)O[C@H](c2ccc(N3C(=O)c4ccccc4C3=O)cc2)O1. The number of hydrogen-bond donors (Lipinski definition) is 1. The largest absolute Gasteiger partial charge is 0.392 e. The Morgan fingerprint density at radius 1 is 0.900 bits per heavy atom. The lowest BCUT2D eigenvalue weighted by atomic mass is 9.99. The summed E-state index contributed by atoms with van der Waals surface area (Å²) in [4.78, 5) is 29.6. The third kappa shape index (κ3) is 5.21. The zero-order chi connectivity index (χ0) is 27.6. The maximum atomic E-state index is 12.9. The first-order valence-corrected chi connectivity index (χ1v) is 13.9. The maximum Gasteiger partial charge on any atom is 0.266 e. The number of fused-ring (bicyclic) bond motifs is 1. The Hall–Kier alpha value is -3.40. The topological polar surface area (TPSA) is 88.5 Å². The molecule has 2 fully saturated rings. The van der Waals surface area contributed by atoms with Crippen molar-refractivity contribution in [1.82, 2.24) is 4.90 Å². The second-order valence-electron chi connectivity index (χ2n) is 10.7. The van der Waals surface area contributed by atoms with Crippen LogP contribution in [0.3, 0.4) is 0 Å². The van der Waals surface area contributed by atoms with Gasteiger partial charge >= 0.3 is 0 Å². The van der Waals surface area contributed by atoms with Gasteiger partial charge in [-0.05, 0) is 54.8 Å². The molecule has 1 N–H and O–H groups in total. The van der Waals surface area contributed by atoms with Crippen molar-refractivity contribution in [1.29, 1.82) is 0 Å². The summed E-state index contributed by atoms with van der Waals surface area (Å²) in [5, 5.41) is 9.47. The van der Waals surface area contributed by atoms with E-state index in [1.54, 1.807) is 43.5 Å². The Morgan fingerprint density at radius 2 is 1.57 bits per heavy atom. The minimum atomic E-state index is -0.610. The monoisotopic (exact) mass is 542 g/mol. The van der Waals surface area contributed by atoms with Gasteiger partial charge in [-0.25, -0.2) is 4.90 Å². The van der Waals surface area contributed by atoms with E-state index in [0.717, 1.165) is 42.6 Å². The van der Waals surface area contributed by atoms with Gasteiger partial charge in [0.15, 0.2) is 6.29 Å². The molecule has 0 radical (unpaired) electrons. The average Bonchev–Trinajstić information content (AvgIpc) is 3.54. The van der Waals surface area contributed by atoms with E-state index >= 15 is 0 Å². The van der Waals surface area contributed by atoms with E-state index in [2.05, 4.69) is 4.90 Å². The first-order valence-electron chi connectivity index (χ1n) is 13.9. The predicted octanol–water partition coefficient (Wildman–Crippen LogP) is 4.64. The van der Waals surface area contributed by atoms with Crippen molar-refractivity contribution in [2.45, 2.75) is 50.4 Å². The molecule has 0 aromatic heterocycles. The number of carbonyl (C=O) groups is 2. The number of carbonyl (C=O) groups excluding carboxylic acids is 2. The number of likely N-dealkylation sites (tertiary alicyclic amines) is 1. The van der Waals surface area contributed by atoms with Crippen LogP contribution in [0.5, 0.6) is 0 Å². The van der Waals surface area contributed by atoms with Crippen molar-refractivity contribution in [2.24, 2.45) is 0 Å². The Labute approximate surface area is 234 Å². The molecule has 0 saturated carbocycles. The number of rotatable bonds is 8. The highest BCUT2D eigenvalue weighted by Gasteiger charge is 2.38. The van der Waals surface area contributed by atoms with E-state index in [4.69, 9.17) is 14.2 Å². The van der Waals surface area contributed by atoms with Crippen LogP contribution in [0.1, 0.15) is 69.1 Å². The number of anilines is 1. The maximum absolute atomic E-state index is 12.9. The summed E-state index contributed by atoms with van der Waals surface area (Å²) in [6.45, 7) is 2.50. The summed E-state index contributed by atoms with van der Waals surface area (Å²) >= 11 is 0. The van der Waals surface area contributed by atoms with Crippen LogP contribution in [0.25, 0.3) is 0 Å². The van der Waals surface area contributed by atoms with Crippen molar-refractivity contribution in [3.8, 4) is 0 Å². The number of ether oxygens (including phenoxy) is 3. The predicted molar refractivity (Wildman–Crippen MR) is 149 cm³/mol. The van der Waals surface area contributed by atoms with Crippen LogP contribution >= 0.6 is 0 Å². The molecule has 40 heavy (non-hydrogen) atoms. The number of hydrogen-bond acceptors (Lipinski definition) is 7. The summed E-state index contributed by atoms with van der Waals surface area (Å²) in [6.07, 6.45) is 2.11. The molecule has 8 heteroatoms. The summed E-state index contributed by atoms with van der Waals surface area (Å²) in [6, 6.07) is 22.4. The molecule has 3 aromatic carbocycles. The summed E-state index contributed by atoms with van der Waals surface area (Å²) in [5.74, 6) is -0.637. The van der Waals surface area contributed by atoms with E-state index in [0.29, 0.717) is 35.9 Å². The van der Waals surface area contributed by atoms with E-state index in [1.165, 1.54) is 4.90 Å². The van der Waals surface area contributed by atoms with Gasteiger partial charge in [-0.1, -0.05) is 48.5 Å². The van der Waals surface area contributed by atoms with Gasteiger partial charge in [-0.15, -0.1) is 0 Å². The van der Waals surface area contributed by atoms with Crippen molar-refractivity contribution < 1.29 is 28.9 Å². The molecule has 2 saturated heterocycles. The van der Waals surface area contributed by atoms with Crippen molar-refractivity contribution in [2.75, 3.05) is 31.7 Å². The Morgan fingerprint density at radius 3 is 2.23 bits per heavy atom. The number of benzene rings is 3. The Balaban J connectivity index is 1.23. The van der Waals surface area contributed by atoms with Crippen LogP contribution in [0.15, 0.2) is 72.8 Å². The number of imide groups is 1. The molecule has 0 bridgehead atoms. The van der Waals surface area contributed by atoms with Crippen LogP contribution in [0.4, 0.5) is 5.69 Å².